The predicted molar refractivity (Wildman–Crippen MR) is 336 cm³/mol. The third-order valence-corrected chi connectivity index (χ3v) is 15.5. The zero-order chi connectivity index (χ0) is 64.1. The lowest BCUT2D eigenvalue weighted by atomic mass is 9.85. The third kappa shape index (κ3) is 25.8. The number of aromatic nitrogens is 2. The fraction of sp³-hybridized carbons (Fsp3) is 0.556. The van der Waals surface area contributed by atoms with E-state index in [-0.39, 0.29) is 104 Å². The van der Waals surface area contributed by atoms with Crippen LogP contribution in [-0.4, -0.2) is 199 Å². The van der Waals surface area contributed by atoms with Crippen LogP contribution in [-0.2, 0) is 70.3 Å². The number of aliphatic hydroxyl groups is 2. The van der Waals surface area contributed by atoms with Crippen molar-refractivity contribution in [1.29, 1.82) is 0 Å². The van der Waals surface area contributed by atoms with Gasteiger partial charge in [-0.25, -0.2) is 14.8 Å². The molecule has 0 radical (unpaired) electrons. The van der Waals surface area contributed by atoms with Crippen molar-refractivity contribution in [3.05, 3.63) is 82.1 Å². The molecule has 0 unspecified atom stereocenters. The highest BCUT2D eigenvalue weighted by atomic mass is 32.1. The van der Waals surface area contributed by atoms with Gasteiger partial charge in [-0.1, -0.05) is 109 Å². The summed E-state index contributed by atoms with van der Waals surface area (Å²) in [4.78, 5) is 88.8. The Morgan fingerprint density at radius 1 is 0.625 bits per heavy atom. The zero-order valence-corrected chi connectivity index (χ0v) is 52.7. The number of nitrogens with two attached hydrogens (primary N) is 1. The molecule has 2 saturated heterocycles. The minimum absolute atomic E-state index is 0. The van der Waals surface area contributed by atoms with Gasteiger partial charge < -0.3 is 75.2 Å². The van der Waals surface area contributed by atoms with E-state index in [4.69, 9.17) is 52.1 Å². The van der Waals surface area contributed by atoms with Gasteiger partial charge in [0.2, 0.25) is 29.5 Å². The molecule has 2 aliphatic heterocycles. The van der Waals surface area contributed by atoms with Crippen LogP contribution in [0.15, 0.2) is 59.6 Å². The van der Waals surface area contributed by atoms with Crippen LogP contribution in [0.25, 0.3) is 20.9 Å². The lowest BCUT2D eigenvalue weighted by Crippen LogP contribution is -2.58. The molecule has 2 fully saturated rings. The second-order valence-electron chi connectivity index (χ2n) is 22.6. The number of terminal acetylenes is 2. The number of nitrogens with zero attached hydrogens (tertiary/aromatic N) is 4. The Hall–Kier alpha value is -6.72. The molecule has 6 atom stereocenters. The van der Waals surface area contributed by atoms with Crippen LogP contribution < -0.4 is 21.7 Å². The first kappa shape index (κ1) is 75.5. The number of hydrogen-bond donors (Lipinski definition) is 7. The van der Waals surface area contributed by atoms with Crippen LogP contribution >= 0.6 is 22.7 Å². The molecule has 4 aromatic rings. The first-order chi connectivity index (χ1) is 41.4. The maximum atomic E-state index is 13.7. The van der Waals surface area contributed by atoms with Crippen molar-refractivity contribution in [2.75, 3.05) is 92.4 Å². The smallest absolute Gasteiger partial charge is 0.329 e. The molecule has 0 aliphatic carbocycles. The molecule has 0 saturated carbocycles. The van der Waals surface area contributed by atoms with Gasteiger partial charge in [-0.05, 0) is 46.9 Å². The van der Waals surface area contributed by atoms with Gasteiger partial charge in [-0.2, -0.15) is 0 Å². The van der Waals surface area contributed by atoms with Crippen molar-refractivity contribution < 1.29 is 72.5 Å². The molecule has 23 nitrogen and oxygen atoms in total. The highest BCUT2D eigenvalue weighted by molar-refractivity contribution is 7.13. The predicted octanol–water partition coefficient (Wildman–Crippen LogP) is 4.37. The monoisotopic (exact) mass is 1260 g/mol. The number of amides is 5. The molecule has 5 amide bonds. The second-order valence-corrected chi connectivity index (χ2v) is 24.3. The lowest BCUT2D eigenvalue weighted by molar-refractivity contribution is -0.144. The van der Waals surface area contributed by atoms with Gasteiger partial charge in [0.15, 0.2) is 0 Å². The molecule has 88 heavy (non-hydrogen) atoms. The summed E-state index contributed by atoms with van der Waals surface area (Å²) in [6.07, 6.45) is 8.81. The molecule has 6 rings (SSSR count). The maximum absolute atomic E-state index is 13.7. The highest BCUT2D eigenvalue weighted by Crippen LogP contribution is 2.30. The number of ether oxygens (including phenoxy) is 6. The number of benzene rings is 2. The van der Waals surface area contributed by atoms with E-state index >= 15 is 0 Å². The average Bonchev–Trinajstić information content (AvgIpc) is 4.16. The first-order valence-electron chi connectivity index (χ1n) is 28.5. The van der Waals surface area contributed by atoms with Crippen molar-refractivity contribution in [1.82, 2.24) is 35.7 Å². The van der Waals surface area contributed by atoms with Gasteiger partial charge >= 0.3 is 5.97 Å². The Kier molecular flexibility index (Phi) is 33.2. The summed E-state index contributed by atoms with van der Waals surface area (Å²) >= 11 is 3.17. The summed E-state index contributed by atoms with van der Waals surface area (Å²) in [7, 11) is 0. The highest BCUT2D eigenvalue weighted by Gasteiger charge is 2.45. The van der Waals surface area contributed by atoms with E-state index in [9.17, 15) is 39.0 Å². The zero-order valence-electron chi connectivity index (χ0n) is 51.0. The Morgan fingerprint density at radius 3 is 1.38 bits per heavy atom. The number of aliphatic hydroxyl groups excluding tert-OH is 2. The lowest BCUT2D eigenvalue weighted by Gasteiger charge is -2.35. The topological polar surface area (TPSA) is 313 Å². The minimum atomic E-state index is -0.984. The SMILES string of the molecule is C.C#CCOCCOCCOCC(=O)N[C@H](C(=O)N1C[C@H](O)C[C@H]1C(=O)NCc1ccc(-c2scnc2C)cc1)C(C)(C)C.C#CCOCCOCCOCC(=O)O.Cc1ncsc1-c1ccc(CNC(=O)[C@@H]2C[C@@H](O)CN2C(=O)[C@@H](N)C(C)(C)C)cc1. The van der Waals surface area contributed by atoms with Crippen LogP contribution in [0.3, 0.4) is 0 Å². The van der Waals surface area contributed by atoms with Gasteiger partial charge in [0.05, 0.1) is 103 Å². The van der Waals surface area contributed by atoms with E-state index in [0.29, 0.717) is 39.6 Å². The van der Waals surface area contributed by atoms with Crippen molar-refractivity contribution in [2.24, 2.45) is 16.6 Å². The quantitative estimate of drug-likeness (QED) is 0.0293. The number of aliphatic carboxylic acids is 1. The average molecular weight is 1260 g/mol. The minimum Gasteiger partial charge on any atom is -0.480 e. The number of nitrogens with one attached hydrogen (secondary N) is 3. The van der Waals surface area contributed by atoms with Crippen molar-refractivity contribution >= 4 is 58.2 Å². The molecule has 25 heteroatoms. The summed E-state index contributed by atoms with van der Waals surface area (Å²) in [5.74, 6) is 1.86. The fourth-order valence-corrected chi connectivity index (χ4v) is 10.4. The van der Waals surface area contributed by atoms with E-state index < -0.39 is 65.0 Å². The summed E-state index contributed by atoms with van der Waals surface area (Å²) in [5, 5.41) is 37.2. The van der Waals surface area contributed by atoms with Crippen LogP contribution in [0.5, 0.6) is 0 Å². The van der Waals surface area contributed by atoms with Crippen LogP contribution in [0.1, 0.15) is 84.3 Å². The number of hydrogen-bond acceptors (Lipinski definition) is 19. The Bertz CT molecular complexity index is 2880. The maximum Gasteiger partial charge on any atom is 0.329 e. The number of carbonyl (C=O) groups excluding carboxylic acids is 5. The van der Waals surface area contributed by atoms with E-state index in [2.05, 4.69) is 37.8 Å². The first-order valence-corrected chi connectivity index (χ1v) is 30.2. The van der Waals surface area contributed by atoms with Crippen LogP contribution in [0.2, 0.25) is 0 Å². The van der Waals surface area contributed by atoms with E-state index in [0.717, 1.165) is 43.4 Å². The molecule has 2 aromatic heterocycles. The van der Waals surface area contributed by atoms with E-state index in [1.165, 1.54) is 9.80 Å². The Morgan fingerprint density at radius 2 is 1.01 bits per heavy atom. The van der Waals surface area contributed by atoms with Gasteiger partial charge in [0, 0.05) is 39.0 Å². The van der Waals surface area contributed by atoms with Crippen molar-refractivity contribution in [3.8, 4) is 45.6 Å². The van der Waals surface area contributed by atoms with Crippen molar-refractivity contribution in [3.63, 3.8) is 0 Å². The standard InChI is InChI=1S/C31H42N4O7S.C22H30N4O3S.C9H14O5.CH4/c1-6-11-40-12-13-41-14-15-42-19-26(37)34-28(31(3,4)5)30(39)35-18-24(36)16-25(35)29(38)32-17-22-7-9-23(10-8-22)27-21(2)33-20-43-27;1-13-18(30-12-25-13)15-7-5-14(6-8-15)10-24-20(28)17-9-16(27)11-26(17)21(29)19(23)22(2,3)4;1-2-3-12-4-5-13-6-7-14-8-9(10)11;/h1,7-10,20,24-25,28,36H,11-19H2,2-5H3,(H,32,38)(H,34,37);5-8,12,16-17,19,27H,9-11,23H2,1-4H3,(H,24,28);1H,3-8H2,(H,10,11);1H4/t24-,25+,28-;16-,17+,19-;;/m11../s1. The van der Waals surface area contributed by atoms with Crippen LogP contribution in [0, 0.1) is 49.4 Å². The molecule has 4 heterocycles. The Balaban J connectivity index is 0.000000389. The molecular formula is C63H90N8O15S2. The van der Waals surface area contributed by atoms with Crippen molar-refractivity contribution in [2.45, 2.75) is 125 Å². The third-order valence-electron chi connectivity index (χ3n) is 13.5. The summed E-state index contributed by atoms with van der Waals surface area (Å²) < 4.78 is 30.5. The number of likely N-dealkylation sites (tertiary alicyclic amines) is 2. The number of rotatable bonds is 29. The van der Waals surface area contributed by atoms with E-state index in [1.54, 1.807) is 22.7 Å². The molecule has 8 N–H and O–H groups in total. The number of thiazole rings is 2. The Labute approximate surface area is 525 Å². The second kappa shape index (κ2) is 38.6. The van der Waals surface area contributed by atoms with Crippen LogP contribution in [0.4, 0.5) is 0 Å². The molecule has 0 bridgehead atoms. The normalized spacial score (nSPS) is 16.9. The molecule has 484 valence electrons. The largest absolute Gasteiger partial charge is 0.480 e. The summed E-state index contributed by atoms with van der Waals surface area (Å²) in [5.41, 5.74) is 14.6. The molecular weight excluding hydrogens is 1170 g/mol. The molecule has 2 aliphatic rings. The number of carboxylic acids is 1. The number of β-amino-alcohol motifs (C(OH)–C–C–N with tert-alkyl or cyclic N) is 2. The number of carboxylic acid groups (broad SMARTS) is 1. The van der Waals surface area contributed by atoms with Gasteiger partial charge in [-0.15, -0.1) is 35.5 Å². The number of carbonyl (C=O) groups is 6. The van der Waals surface area contributed by atoms with Gasteiger partial charge in [0.1, 0.15) is 44.6 Å². The summed E-state index contributed by atoms with van der Waals surface area (Å²) in [6, 6.07) is 12.6. The van der Waals surface area contributed by atoms with Gasteiger partial charge in [0.25, 0.3) is 0 Å². The summed E-state index contributed by atoms with van der Waals surface area (Å²) in [6.45, 7) is 18.4. The van der Waals surface area contributed by atoms with Gasteiger partial charge in [-0.3, -0.25) is 24.0 Å². The molecule has 2 aromatic carbocycles. The van der Waals surface area contributed by atoms with E-state index in [1.807, 2.05) is 115 Å². The fourth-order valence-electron chi connectivity index (χ4n) is 8.76. The molecule has 0 spiro atoms. The number of aryl methyl sites for hydroxylation is 2.